The third-order valence-electron chi connectivity index (χ3n) is 12.2. The van der Waals surface area contributed by atoms with Gasteiger partial charge in [-0.2, -0.15) is 0 Å². The van der Waals surface area contributed by atoms with Crippen molar-refractivity contribution in [2.75, 3.05) is 13.2 Å². The Hall–Kier alpha value is -3.15. The molecule has 1 atom stereocenters. The van der Waals surface area contributed by atoms with Gasteiger partial charge in [0.05, 0.1) is 0 Å². The van der Waals surface area contributed by atoms with Gasteiger partial charge in [0.15, 0.2) is 6.10 Å². The van der Waals surface area contributed by atoms with Crippen LogP contribution in [0.3, 0.4) is 0 Å². The Morgan fingerprint density at radius 1 is 0.313 bits per heavy atom. The Morgan fingerprint density at radius 2 is 0.597 bits per heavy atom. The first-order chi connectivity index (χ1) is 33.0. The van der Waals surface area contributed by atoms with E-state index in [4.69, 9.17) is 14.2 Å². The molecule has 0 aliphatic rings. The molecule has 6 nitrogen and oxygen atoms in total. The van der Waals surface area contributed by atoms with E-state index in [1.807, 2.05) is 0 Å². The van der Waals surface area contributed by atoms with Gasteiger partial charge in [0.2, 0.25) is 0 Å². The summed E-state index contributed by atoms with van der Waals surface area (Å²) < 4.78 is 16.8. The first kappa shape index (κ1) is 63.8. The predicted molar refractivity (Wildman–Crippen MR) is 288 cm³/mol. The molecule has 0 heterocycles. The predicted octanol–water partition coefficient (Wildman–Crippen LogP) is 19.0. The van der Waals surface area contributed by atoms with E-state index in [-0.39, 0.29) is 37.5 Å². The van der Waals surface area contributed by atoms with Crippen LogP contribution < -0.4 is 0 Å². The van der Waals surface area contributed by atoms with Crippen molar-refractivity contribution < 1.29 is 28.6 Å². The number of ether oxygens (including phenoxy) is 3. The van der Waals surface area contributed by atoms with Gasteiger partial charge in [0.1, 0.15) is 13.2 Å². The molecule has 67 heavy (non-hydrogen) atoms. The van der Waals surface area contributed by atoms with Gasteiger partial charge in [-0.05, 0) is 83.5 Å². The van der Waals surface area contributed by atoms with Crippen LogP contribution in [0.1, 0.15) is 278 Å². The van der Waals surface area contributed by atoms with E-state index in [0.29, 0.717) is 19.3 Å². The van der Waals surface area contributed by atoms with E-state index in [1.165, 1.54) is 154 Å². The van der Waals surface area contributed by atoms with Gasteiger partial charge in [0.25, 0.3) is 0 Å². The fourth-order valence-electron chi connectivity index (χ4n) is 7.94. The maximum Gasteiger partial charge on any atom is 0.306 e. The molecule has 0 aliphatic carbocycles. The molecule has 6 heteroatoms. The maximum absolute atomic E-state index is 12.9. The second-order valence-corrected chi connectivity index (χ2v) is 18.8. The lowest BCUT2D eigenvalue weighted by atomic mass is 10.0. The molecular weight excluding hydrogens is 829 g/mol. The van der Waals surface area contributed by atoms with E-state index in [9.17, 15) is 14.4 Å². The second-order valence-electron chi connectivity index (χ2n) is 18.8. The minimum absolute atomic E-state index is 0.0931. The molecule has 1 unspecified atom stereocenters. The topological polar surface area (TPSA) is 78.9 Å². The van der Waals surface area contributed by atoms with E-state index in [1.54, 1.807) is 0 Å². The van der Waals surface area contributed by atoms with Crippen LogP contribution in [0.15, 0.2) is 72.9 Å². The molecule has 0 saturated carbocycles. The van der Waals surface area contributed by atoms with Gasteiger partial charge in [-0.25, -0.2) is 0 Å². The summed E-state index contributed by atoms with van der Waals surface area (Å²) in [7, 11) is 0. The van der Waals surface area contributed by atoms with Gasteiger partial charge in [-0.1, -0.05) is 248 Å². The van der Waals surface area contributed by atoms with Crippen molar-refractivity contribution in [3.63, 3.8) is 0 Å². The summed E-state index contributed by atoms with van der Waals surface area (Å²) in [6, 6.07) is 0. The highest BCUT2D eigenvalue weighted by Crippen LogP contribution is 2.16. The van der Waals surface area contributed by atoms with E-state index < -0.39 is 6.10 Å². The number of hydrogen-bond donors (Lipinski definition) is 0. The zero-order valence-electron chi connectivity index (χ0n) is 44.2. The van der Waals surface area contributed by atoms with Crippen molar-refractivity contribution in [2.24, 2.45) is 0 Å². The molecule has 0 saturated heterocycles. The number of carbonyl (C=O) groups excluding carboxylic acids is 3. The van der Waals surface area contributed by atoms with Crippen LogP contribution >= 0.6 is 0 Å². The third-order valence-corrected chi connectivity index (χ3v) is 12.2. The Balaban J connectivity index is 4.45. The highest BCUT2D eigenvalue weighted by Gasteiger charge is 2.19. The molecule has 0 N–H and O–H groups in total. The van der Waals surface area contributed by atoms with Gasteiger partial charge in [0, 0.05) is 19.3 Å². The summed E-state index contributed by atoms with van der Waals surface area (Å²) in [6.07, 6.45) is 70.4. The summed E-state index contributed by atoms with van der Waals surface area (Å²) in [5, 5.41) is 0. The number of carbonyl (C=O) groups is 3. The number of unbranched alkanes of at least 4 members (excludes halogenated alkanes) is 28. The summed E-state index contributed by atoms with van der Waals surface area (Å²) in [6.45, 7) is 6.49. The van der Waals surface area contributed by atoms with Crippen LogP contribution in [0.4, 0.5) is 0 Å². The minimum Gasteiger partial charge on any atom is -0.462 e. The summed E-state index contributed by atoms with van der Waals surface area (Å²) in [4.78, 5) is 38.1. The van der Waals surface area contributed by atoms with Crippen molar-refractivity contribution in [3.8, 4) is 0 Å². The standard InChI is InChI=1S/C61H106O6/c1-4-7-10-13-16-19-22-25-28-30-33-36-39-42-45-48-51-54-60(63)66-57-58(56-65-59(62)53-50-47-44-41-38-35-32-27-24-21-18-15-12-9-6-3)67-61(64)55-52-49-46-43-40-37-34-31-29-26-23-20-17-14-11-8-5-2/h7,10,16,19,21,24-25,28,33,36,42,45,58H,4-6,8-9,11-15,17-18,20,22-23,26-27,29-32,34-35,37-41,43-44,46-57H2,1-3H3/b10-7-,19-16-,24-21-,28-25-,36-33-,45-42-. The van der Waals surface area contributed by atoms with Crippen LogP contribution in [0.5, 0.6) is 0 Å². The second kappa shape index (κ2) is 55.4. The number of allylic oxidation sites excluding steroid dienone is 12. The SMILES string of the molecule is CC/C=C\C/C=C\C/C=C\C/C=C\C/C=C\CCCC(=O)OCC(COC(=O)CCCCCCCCC/C=C\CCCCCC)OC(=O)CCCCCCCCCCCCCCCCCCC. The van der Waals surface area contributed by atoms with Gasteiger partial charge < -0.3 is 14.2 Å². The van der Waals surface area contributed by atoms with Crippen molar-refractivity contribution in [1.29, 1.82) is 0 Å². The molecule has 0 aliphatic heterocycles. The fraction of sp³-hybridized carbons (Fsp3) is 0.754. The molecule has 0 amide bonds. The lowest BCUT2D eigenvalue weighted by Gasteiger charge is -2.18. The molecule has 0 bridgehead atoms. The van der Waals surface area contributed by atoms with Crippen molar-refractivity contribution in [3.05, 3.63) is 72.9 Å². The Morgan fingerprint density at radius 3 is 1.00 bits per heavy atom. The van der Waals surface area contributed by atoms with Gasteiger partial charge in [-0.15, -0.1) is 0 Å². The number of hydrogen-bond acceptors (Lipinski definition) is 6. The largest absolute Gasteiger partial charge is 0.462 e. The lowest BCUT2D eigenvalue weighted by molar-refractivity contribution is -0.167. The number of esters is 3. The average molecular weight is 936 g/mol. The van der Waals surface area contributed by atoms with E-state index in [0.717, 1.165) is 77.0 Å². The first-order valence-electron chi connectivity index (χ1n) is 28.4. The van der Waals surface area contributed by atoms with Gasteiger partial charge in [-0.3, -0.25) is 14.4 Å². The smallest absolute Gasteiger partial charge is 0.306 e. The summed E-state index contributed by atoms with van der Waals surface area (Å²) in [5.74, 6) is -0.948. The summed E-state index contributed by atoms with van der Waals surface area (Å²) >= 11 is 0. The Bertz CT molecular complexity index is 1260. The minimum atomic E-state index is -0.798. The van der Waals surface area contributed by atoms with Crippen LogP contribution in [-0.4, -0.2) is 37.2 Å². The number of rotatable bonds is 51. The Labute approximate surface area is 414 Å². The van der Waals surface area contributed by atoms with Crippen molar-refractivity contribution in [2.45, 2.75) is 284 Å². The molecule has 0 spiro atoms. The summed E-state index contributed by atoms with van der Waals surface area (Å²) in [5.41, 5.74) is 0. The van der Waals surface area contributed by atoms with Crippen LogP contribution in [-0.2, 0) is 28.6 Å². The van der Waals surface area contributed by atoms with Crippen molar-refractivity contribution >= 4 is 17.9 Å². The molecule has 0 aromatic heterocycles. The highest BCUT2D eigenvalue weighted by molar-refractivity contribution is 5.71. The molecule has 0 rings (SSSR count). The normalized spacial score (nSPS) is 12.6. The molecule has 386 valence electrons. The molecule has 0 fully saturated rings. The Kier molecular flexibility index (Phi) is 52.8. The quantitative estimate of drug-likeness (QED) is 0.0262. The lowest BCUT2D eigenvalue weighted by Crippen LogP contribution is -2.30. The van der Waals surface area contributed by atoms with E-state index in [2.05, 4.69) is 93.7 Å². The maximum atomic E-state index is 12.9. The van der Waals surface area contributed by atoms with Crippen LogP contribution in [0, 0.1) is 0 Å². The van der Waals surface area contributed by atoms with Crippen LogP contribution in [0.2, 0.25) is 0 Å². The fourth-order valence-corrected chi connectivity index (χ4v) is 7.94. The molecule has 0 aromatic carbocycles. The zero-order chi connectivity index (χ0) is 48.6. The van der Waals surface area contributed by atoms with Crippen LogP contribution in [0.25, 0.3) is 0 Å². The first-order valence-corrected chi connectivity index (χ1v) is 28.4. The van der Waals surface area contributed by atoms with Gasteiger partial charge >= 0.3 is 17.9 Å². The zero-order valence-corrected chi connectivity index (χ0v) is 44.2. The third kappa shape index (κ3) is 53.7. The average Bonchev–Trinajstić information content (AvgIpc) is 3.33. The highest BCUT2D eigenvalue weighted by atomic mass is 16.6. The molecular formula is C61H106O6. The molecule has 0 aromatic rings. The monoisotopic (exact) mass is 935 g/mol. The molecule has 0 radical (unpaired) electrons. The van der Waals surface area contributed by atoms with E-state index >= 15 is 0 Å². The van der Waals surface area contributed by atoms with Crippen molar-refractivity contribution in [1.82, 2.24) is 0 Å².